The van der Waals surface area contributed by atoms with E-state index in [1.165, 1.54) is 21.9 Å². The summed E-state index contributed by atoms with van der Waals surface area (Å²) in [5.41, 5.74) is 1.97. The van der Waals surface area contributed by atoms with Crippen molar-refractivity contribution < 1.29 is 19.7 Å². The zero-order chi connectivity index (χ0) is 26.3. The smallest absolute Gasteiger partial charge is 0.171 e. The molecule has 6 atom stereocenters. The second-order valence-corrected chi connectivity index (χ2v) is 18.9. The standard InChI is InChI=1S/C32H44O4Si/c1-6-14-31(34)16-12-26-24-11-15-30(33)21-32(35-18-19-36-32)17-13-27(30)28(24)25(20-29(26,31)2)22-7-9-23(10-8-22)37(3,4)5/h7-10,24-26,33-34H,11-13,15-21H2,1-5H3/t24-,25+,26-,29-,30+,31-/m0/s1. The third kappa shape index (κ3) is 3.85. The van der Waals surface area contributed by atoms with Gasteiger partial charge in [0.05, 0.1) is 26.9 Å². The van der Waals surface area contributed by atoms with Crippen LogP contribution in [0.15, 0.2) is 35.4 Å². The molecule has 200 valence electrons. The van der Waals surface area contributed by atoms with Crippen LogP contribution in [0.5, 0.6) is 0 Å². The molecule has 2 N–H and O–H groups in total. The molecule has 37 heavy (non-hydrogen) atoms. The van der Waals surface area contributed by atoms with Gasteiger partial charge in [0.2, 0.25) is 0 Å². The number of allylic oxidation sites excluding steroid dienone is 1. The van der Waals surface area contributed by atoms with Gasteiger partial charge in [-0.2, -0.15) is 0 Å². The summed E-state index contributed by atoms with van der Waals surface area (Å²) in [6, 6.07) is 9.36. The Labute approximate surface area is 223 Å². The maximum atomic E-state index is 12.2. The molecule has 1 saturated heterocycles. The Hall–Kier alpha value is -1.42. The van der Waals surface area contributed by atoms with E-state index >= 15 is 0 Å². The number of benzene rings is 1. The molecule has 4 fully saturated rings. The Morgan fingerprint density at radius 3 is 2.32 bits per heavy atom. The molecule has 0 aromatic heterocycles. The van der Waals surface area contributed by atoms with Gasteiger partial charge >= 0.3 is 0 Å². The largest absolute Gasteiger partial charge is 0.385 e. The van der Waals surface area contributed by atoms with E-state index in [-0.39, 0.29) is 11.3 Å². The molecule has 1 spiro atoms. The topological polar surface area (TPSA) is 58.9 Å². The van der Waals surface area contributed by atoms with E-state index in [9.17, 15) is 10.2 Å². The molecule has 0 bridgehead atoms. The van der Waals surface area contributed by atoms with E-state index in [1.807, 2.05) is 6.92 Å². The van der Waals surface area contributed by atoms with E-state index in [4.69, 9.17) is 9.47 Å². The molecule has 0 unspecified atom stereocenters. The first kappa shape index (κ1) is 25.8. The van der Waals surface area contributed by atoms with Gasteiger partial charge in [0.25, 0.3) is 0 Å². The van der Waals surface area contributed by atoms with Gasteiger partial charge in [0.1, 0.15) is 5.60 Å². The van der Waals surface area contributed by atoms with Gasteiger partial charge < -0.3 is 19.7 Å². The molecule has 4 aliphatic carbocycles. The fraction of sp³-hybridized carbons (Fsp3) is 0.688. The molecule has 4 nitrogen and oxygen atoms in total. The number of fused-ring (bicyclic) bond motifs is 4. The highest BCUT2D eigenvalue weighted by atomic mass is 28.3. The predicted molar refractivity (Wildman–Crippen MR) is 149 cm³/mol. The molecule has 0 amide bonds. The minimum Gasteiger partial charge on any atom is -0.385 e. The Balaban J connectivity index is 1.48. The van der Waals surface area contributed by atoms with Crippen molar-refractivity contribution in [2.75, 3.05) is 13.2 Å². The van der Waals surface area contributed by atoms with Gasteiger partial charge in [-0.25, -0.2) is 0 Å². The molecular weight excluding hydrogens is 476 g/mol. The van der Waals surface area contributed by atoms with Crippen LogP contribution in [-0.2, 0) is 9.47 Å². The van der Waals surface area contributed by atoms with E-state index in [0.717, 1.165) is 44.9 Å². The molecule has 0 radical (unpaired) electrons. The van der Waals surface area contributed by atoms with Gasteiger partial charge in [-0.1, -0.05) is 67.5 Å². The lowest BCUT2D eigenvalue weighted by molar-refractivity contribution is -0.208. The van der Waals surface area contributed by atoms with Crippen molar-refractivity contribution in [3.63, 3.8) is 0 Å². The van der Waals surface area contributed by atoms with Crippen LogP contribution >= 0.6 is 0 Å². The van der Waals surface area contributed by atoms with Crippen molar-refractivity contribution in [2.24, 2.45) is 17.3 Å². The Morgan fingerprint density at radius 1 is 0.973 bits per heavy atom. The first-order valence-corrected chi connectivity index (χ1v) is 17.9. The quantitative estimate of drug-likeness (QED) is 0.318. The van der Waals surface area contributed by atoms with E-state index in [0.29, 0.717) is 31.5 Å². The van der Waals surface area contributed by atoms with Crippen molar-refractivity contribution in [3.05, 3.63) is 41.0 Å². The van der Waals surface area contributed by atoms with E-state index in [1.54, 1.807) is 0 Å². The normalized spacial score (nSPS) is 40.6. The third-order valence-corrected chi connectivity index (χ3v) is 13.0. The van der Waals surface area contributed by atoms with Crippen LogP contribution in [-0.4, -0.2) is 48.5 Å². The first-order valence-electron chi connectivity index (χ1n) is 14.4. The summed E-state index contributed by atoms with van der Waals surface area (Å²) in [5, 5.41) is 25.6. The summed E-state index contributed by atoms with van der Waals surface area (Å²) in [6.07, 6.45) is 6.49. The lowest BCUT2D eigenvalue weighted by atomic mass is 9.49. The summed E-state index contributed by atoms with van der Waals surface area (Å²) >= 11 is 0. The Bertz CT molecular complexity index is 1160. The Kier molecular flexibility index (Phi) is 5.96. The fourth-order valence-electron chi connectivity index (χ4n) is 8.94. The van der Waals surface area contributed by atoms with Gasteiger partial charge in [-0.05, 0) is 68.4 Å². The molecule has 1 aromatic rings. The maximum Gasteiger partial charge on any atom is 0.171 e. The van der Waals surface area contributed by atoms with Crippen LogP contribution in [0.3, 0.4) is 0 Å². The van der Waals surface area contributed by atoms with E-state index in [2.05, 4.69) is 62.7 Å². The van der Waals surface area contributed by atoms with Crippen molar-refractivity contribution >= 4 is 13.3 Å². The number of hydrogen-bond acceptors (Lipinski definition) is 4. The second-order valence-electron chi connectivity index (χ2n) is 13.8. The Morgan fingerprint density at radius 2 is 1.68 bits per heavy atom. The van der Waals surface area contributed by atoms with Crippen LogP contribution in [0.1, 0.15) is 76.7 Å². The van der Waals surface area contributed by atoms with Gasteiger partial charge in [0, 0.05) is 24.2 Å². The maximum absolute atomic E-state index is 12.2. The second kappa shape index (κ2) is 8.54. The molecule has 5 aliphatic rings. The number of aliphatic hydroxyl groups is 2. The highest BCUT2D eigenvalue weighted by Crippen LogP contribution is 2.67. The zero-order valence-electron chi connectivity index (χ0n) is 23.3. The SMILES string of the molecule is CC#C[C@]1(O)CC[C@H]2[C@@H]3CC[C@@]4(O)CC5(CCC4=C3[C@@H](c3ccc([Si](C)(C)C)cc3)C[C@@]21C)OCCO5. The summed E-state index contributed by atoms with van der Waals surface area (Å²) in [7, 11) is -1.41. The zero-order valence-corrected chi connectivity index (χ0v) is 24.3. The molecule has 1 heterocycles. The van der Waals surface area contributed by atoms with E-state index < -0.39 is 25.1 Å². The summed E-state index contributed by atoms with van der Waals surface area (Å²) < 4.78 is 12.2. The minimum absolute atomic E-state index is 0.187. The highest BCUT2D eigenvalue weighted by Gasteiger charge is 2.64. The van der Waals surface area contributed by atoms with Crippen LogP contribution in [0.4, 0.5) is 0 Å². The lowest BCUT2D eigenvalue weighted by Gasteiger charge is -2.57. The fourth-order valence-corrected chi connectivity index (χ4v) is 10.1. The van der Waals surface area contributed by atoms with Crippen molar-refractivity contribution in [1.82, 2.24) is 0 Å². The van der Waals surface area contributed by atoms with Crippen molar-refractivity contribution in [1.29, 1.82) is 0 Å². The summed E-state index contributed by atoms with van der Waals surface area (Å²) in [5.74, 6) is 6.66. The number of rotatable bonds is 2. The van der Waals surface area contributed by atoms with Crippen LogP contribution in [0, 0.1) is 29.1 Å². The predicted octanol–water partition coefficient (Wildman–Crippen LogP) is 5.25. The molecular formula is C32H44O4Si. The highest BCUT2D eigenvalue weighted by molar-refractivity contribution is 6.88. The molecule has 1 aromatic carbocycles. The average Bonchev–Trinajstić information content (AvgIpc) is 3.39. The molecule has 3 saturated carbocycles. The van der Waals surface area contributed by atoms with Crippen LogP contribution < -0.4 is 5.19 Å². The molecule has 1 aliphatic heterocycles. The van der Waals surface area contributed by atoms with Gasteiger partial charge in [-0.15, -0.1) is 5.92 Å². The summed E-state index contributed by atoms with van der Waals surface area (Å²) in [6.45, 7) is 12.6. The van der Waals surface area contributed by atoms with Crippen LogP contribution in [0.2, 0.25) is 19.6 Å². The average molecular weight is 521 g/mol. The number of ether oxygens (including phenoxy) is 2. The lowest BCUT2D eigenvalue weighted by Crippen LogP contribution is -2.55. The van der Waals surface area contributed by atoms with Gasteiger partial charge in [0.15, 0.2) is 5.79 Å². The number of hydrogen-bond donors (Lipinski definition) is 2. The summed E-state index contributed by atoms with van der Waals surface area (Å²) in [4.78, 5) is 0. The monoisotopic (exact) mass is 520 g/mol. The first-order chi connectivity index (χ1) is 17.4. The van der Waals surface area contributed by atoms with Crippen LogP contribution in [0.25, 0.3) is 0 Å². The minimum atomic E-state index is -1.41. The van der Waals surface area contributed by atoms with Crippen molar-refractivity contribution in [3.8, 4) is 11.8 Å². The van der Waals surface area contributed by atoms with Crippen molar-refractivity contribution in [2.45, 2.75) is 108 Å². The van der Waals surface area contributed by atoms with Gasteiger partial charge in [-0.3, -0.25) is 0 Å². The third-order valence-electron chi connectivity index (χ3n) is 10.9. The molecule has 5 heteroatoms. The molecule has 6 rings (SSSR count).